The molecule has 1 unspecified atom stereocenters. The largest absolute Gasteiger partial charge is 0.478 e. The Morgan fingerprint density at radius 2 is 2.17 bits per heavy atom. The lowest BCUT2D eigenvalue weighted by molar-refractivity contribution is -0.116. The summed E-state index contributed by atoms with van der Waals surface area (Å²) in [6.07, 6.45) is 0.232. The molecule has 1 atom stereocenters. The molecule has 0 heterocycles. The summed E-state index contributed by atoms with van der Waals surface area (Å²) in [5.41, 5.74) is 5.17. The summed E-state index contributed by atoms with van der Waals surface area (Å²) in [6.45, 7) is 2.21. The number of carboxylic acids is 1. The first kappa shape index (κ1) is 14.1. The molecule has 0 spiro atoms. The number of hydrogen-bond acceptors (Lipinski definition) is 3. The van der Waals surface area contributed by atoms with E-state index < -0.39 is 17.3 Å². The number of halogens is 1. The fourth-order valence-corrected chi connectivity index (χ4v) is 1.38. The minimum absolute atomic E-state index is 0.0318. The normalized spacial score (nSPS) is 11.9. The van der Waals surface area contributed by atoms with Gasteiger partial charge >= 0.3 is 5.97 Å². The highest BCUT2D eigenvalue weighted by Gasteiger charge is 2.13. The Bertz CT molecular complexity index is 463. The van der Waals surface area contributed by atoms with Gasteiger partial charge in [-0.1, -0.05) is 6.92 Å². The van der Waals surface area contributed by atoms with Crippen LogP contribution in [0.4, 0.5) is 10.1 Å². The molecule has 18 heavy (non-hydrogen) atoms. The molecule has 1 amide bonds. The number of aromatic carboxylic acids is 1. The van der Waals surface area contributed by atoms with Gasteiger partial charge in [0, 0.05) is 12.1 Å². The first-order valence-corrected chi connectivity index (χ1v) is 5.46. The molecule has 98 valence electrons. The average Bonchev–Trinajstić information content (AvgIpc) is 2.31. The van der Waals surface area contributed by atoms with Crippen LogP contribution in [0.15, 0.2) is 18.2 Å². The Hall–Kier alpha value is -1.95. The molecule has 0 saturated heterocycles. The minimum atomic E-state index is -1.38. The predicted molar refractivity (Wildman–Crippen MR) is 64.8 cm³/mol. The highest BCUT2D eigenvalue weighted by molar-refractivity contribution is 5.94. The van der Waals surface area contributed by atoms with Crippen LogP contribution in [0.25, 0.3) is 0 Å². The zero-order chi connectivity index (χ0) is 13.7. The molecule has 0 saturated carbocycles. The van der Waals surface area contributed by atoms with E-state index in [1.807, 2.05) is 6.92 Å². The number of nitrogens with one attached hydrogen (secondary N) is 1. The summed E-state index contributed by atoms with van der Waals surface area (Å²) in [7, 11) is 0. The Morgan fingerprint density at radius 3 is 2.72 bits per heavy atom. The van der Waals surface area contributed by atoms with Crippen LogP contribution in [0.3, 0.4) is 0 Å². The van der Waals surface area contributed by atoms with Crippen LogP contribution in [0.1, 0.15) is 23.7 Å². The van der Waals surface area contributed by atoms with E-state index in [1.165, 1.54) is 6.07 Å². The lowest BCUT2D eigenvalue weighted by atomic mass is 10.1. The second-order valence-electron chi connectivity index (χ2n) is 4.09. The summed E-state index contributed by atoms with van der Waals surface area (Å²) in [4.78, 5) is 22.3. The van der Waals surface area contributed by atoms with E-state index in [9.17, 15) is 14.0 Å². The van der Waals surface area contributed by atoms with Gasteiger partial charge in [0.25, 0.3) is 0 Å². The van der Waals surface area contributed by atoms with E-state index in [2.05, 4.69) is 5.32 Å². The van der Waals surface area contributed by atoms with Gasteiger partial charge in [0.05, 0.1) is 5.56 Å². The molecule has 0 aliphatic carbocycles. The second kappa shape index (κ2) is 6.11. The molecule has 0 radical (unpaired) electrons. The van der Waals surface area contributed by atoms with Gasteiger partial charge in [0.1, 0.15) is 5.82 Å². The Balaban J connectivity index is 2.76. The molecule has 0 bridgehead atoms. The van der Waals surface area contributed by atoms with E-state index >= 15 is 0 Å². The van der Waals surface area contributed by atoms with Crippen molar-refractivity contribution in [3.05, 3.63) is 29.6 Å². The van der Waals surface area contributed by atoms with Crippen molar-refractivity contribution < 1.29 is 19.1 Å². The van der Waals surface area contributed by atoms with Gasteiger partial charge in [0.15, 0.2) is 0 Å². The topological polar surface area (TPSA) is 92.4 Å². The monoisotopic (exact) mass is 254 g/mol. The Morgan fingerprint density at radius 1 is 1.50 bits per heavy atom. The number of benzene rings is 1. The van der Waals surface area contributed by atoms with Gasteiger partial charge in [-0.15, -0.1) is 0 Å². The van der Waals surface area contributed by atoms with E-state index in [0.29, 0.717) is 6.54 Å². The van der Waals surface area contributed by atoms with E-state index in [4.69, 9.17) is 10.8 Å². The molecule has 0 aromatic heterocycles. The lowest BCUT2D eigenvalue weighted by Crippen LogP contribution is -2.20. The molecular formula is C12H15FN2O3. The summed E-state index contributed by atoms with van der Waals surface area (Å²) in [6, 6.07) is 3.40. The van der Waals surface area contributed by atoms with Gasteiger partial charge in [-0.05, 0) is 30.7 Å². The maximum atomic E-state index is 13.1. The molecule has 5 nitrogen and oxygen atoms in total. The minimum Gasteiger partial charge on any atom is -0.478 e. The fourth-order valence-electron chi connectivity index (χ4n) is 1.38. The van der Waals surface area contributed by atoms with Crippen molar-refractivity contribution in [1.29, 1.82) is 0 Å². The van der Waals surface area contributed by atoms with Crippen LogP contribution in [0.2, 0.25) is 0 Å². The van der Waals surface area contributed by atoms with Gasteiger partial charge in [-0.2, -0.15) is 0 Å². The number of rotatable bonds is 5. The van der Waals surface area contributed by atoms with Crippen molar-refractivity contribution in [3.63, 3.8) is 0 Å². The maximum Gasteiger partial charge on any atom is 0.338 e. The smallest absolute Gasteiger partial charge is 0.338 e. The summed E-state index contributed by atoms with van der Waals surface area (Å²) in [5, 5.41) is 11.2. The number of hydrogen-bond donors (Lipinski definition) is 3. The number of amides is 1. The molecule has 1 aromatic carbocycles. The molecule has 1 aromatic rings. The van der Waals surface area contributed by atoms with Gasteiger partial charge in [-0.3, -0.25) is 4.79 Å². The number of carboxylic acid groups (broad SMARTS) is 1. The molecular weight excluding hydrogens is 239 g/mol. The molecule has 0 fully saturated rings. The van der Waals surface area contributed by atoms with Crippen molar-refractivity contribution >= 4 is 17.6 Å². The van der Waals surface area contributed by atoms with Crippen LogP contribution in [-0.4, -0.2) is 23.5 Å². The van der Waals surface area contributed by atoms with Crippen molar-refractivity contribution in [2.75, 3.05) is 11.9 Å². The zero-order valence-corrected chi connectivity index (χ0v) is 9.94. The van der Waals surface area contributed by atoms with E-state index in [-0.39, 0.29) is 23.9 Å². The molecule has 6 heteroatoms. The van der Waals surface area contributed by atoms with Crippen LogP contribution < -0.4 is 11.1 Å². The van der Waals surface area contributed by atoms with Crippen molar-refractivity contribution in [3.8, 4) is 0 Å². The first-order chi connectivity index (χ1) is 8.43. The fraction of sp³-hybridized carbons (Fsp3) is 0.333. The Labute approximate surface area is 104 Å². The highest BCUT2D eigenvalue weighted by Crippen LogP contribution is 2.15. The molecule has 4 N–H and O–H groups in total. The number of anilines is 1. The third kappa shape index (κ3) is 3.81. The second-order valence-corrected chi connectivity index (χ2v) is 4.09. The lowest BCUT2D eigenvalue weighted by Gasteiger charge is -2.09. The predicted octanol–water partition coefficient (Wildman–Crippen LogP) is 1.45. The highest BCUT2D eigenvalue weighted by atomic mass is 19.1. The number of carbonyl (C=O) groups excluding carboxylic acids is 1. The van der Waals surface area contributed by atoms with E-state index in [1.54, 1.807) is 0 Å². The van der Waals surface area contributed by atoms with Gasteiger partial charge < -0.3 is 16.2 Å². The van der Waals surface area contributed by atoms with Crippen LogP contribution >= 0.6 is 0 Å². The van der Waals surface area contributed by atoms with Crippen molar-refractivity contribution in [2.24, 2.45) is 11.7 Å². The van der Waals surface area contributed by atoms with Gasteiger partial charge in [0.2, 0.25) is 5.91 Å². The van der Waals surface area contributed by atoms with Crippen LogP contribution in [0, 0.1) is 11.7 Å². The average molecular weight is 254 g/mol. The quantitative estimate of drug-likeness (QED) is 0.741. The Kier molecular flexibility index (Phi) is 4.79. The maximum absolute atomic E-state index is 13.1. The number of nitrogens with two attached hydrogens (primary N) is 1. The summed E-state index contributed by atoms with van der Waals surface area (Å²) < 4.78 is 13.1. The number of carbonyl (C=O) groups is 2. The van der Waals surface area contributed by atoms with Gasteiger partial charge in [-0.25, -0.2) is 9.18 Å². The third-order valence-electron chi connectivity index (χ3n) is 2.42. The molecule has 1 rings (SSSR count). The first-order valence-electron chi connectivity index (χ1n) is 5.46. The zero-order valence-electron chi connectivity index (χ0n) is 9.94. The molecule has 0 aliphatic rings. The van der Waals surface area contributed by atoms with Crippen molar-refractivity contribution in [1.82, 2.24) is 0 Å². The summed E-state index contributed by atoms with van der Waals surface area (Å²) in [5.74, 6) is -2.46. The standard InChI is InChI=1S/C12H15FN2O3/c1-7(6-14)4-11(16)15-8-2-3-10(13)9(5-8)12(17)18/h2-3,5,7H,4,6,14H2,1H3,(H,15,16)(H,17,18). The van der Waals surface area contributed by atoms with Crippen LogP contribution in [0.5, 0.6) is 0 Å². The molecule has 0 aliphatic heterocycles. The third-order valence-corrected chi connectivity index (χ3v) is 2.42. The van der Waals surface area contributed by atoms with Crippen molar-refractivity contribution in [2.45, 2.75) is 13.3 Å². The SMILES string of the molecule is CC(CN)CC(=O)Nc1ccc(F)c(C(=O)O)c1. The van der Waals surface area contributed by atoms with Crippen LogP contribution in [-0.2, 0) is 4.79 Å². The van der Waals surface area contributed by atoms with E-state index in [0.717, 1.165) is 12.1 Å². The summed E-state index contributed by atoms with van der Waals surface area (Å²) >= 11 is 0.